The number of nitrogens with zero attached hydrogens (tertiary/aromatic N) is 1. The number of hydrogen-bond acceptors (Lipinski definition) is 4. The van der Waals surface area contributed by atoms with Crippen LogP contribution in [0.1, 0.15) is 24.9 Å². The summed E-state index contributed by atoms with van der Waals surface area (Å²) >= 11 is 1.01. The first-order valence-corrected chi connectivity index (χ1v) is 7.22. The summed E-state index contributed by atoms with van der Waals surface area (Å²) in [5.41, 5.74) is -0.0492. The number of amides is 1. The highest BCUT2D eigenvalue weighted by Gasteiger charge is 2.40. The molecule has 112 valence electrons. The summed E-state index contributed by atoms with van der Waals surface area (Å²) in [4.78, 5) is 35.7. The number of aliphatic carboxylic acids is 1. The van der Waals surface area contributed by atoms with E-state index in [4.69, 9.17) is 0 Å². The predicted octanol–water partition coefficient (Wildman–Crippen LogP) is 1.83. The summed E-state index contributed by atoms with van der Waals surface area (Å²) in [6, 6.07) is 4.13. The first kappa shape index (κ1) is 15.5. The molecule has 1 amide bonds. The van der Waals surface area contributed by atoms with E-state index in [1.54, 1.807) is 0 Å². The molecule has 7 heteroatoms. The molecule has 1 fully saturated rings. The Hall–Kier alpha value is -1.89. The van der Waals surface area contributed by atoms with E-state index < -0.39 is 17.8 Å². The molecule has 1 aliphatic heterocycles. The zero-order valence-electron chi connectivity index (χ0n) is 11.3. The van der Waals surface area contributed by atoms with Gasteiger partial charge >= 0.3 is 5.97 Å². The molecule has 0 saturated carbocycles. The van der Waals surface area contributed by atoms with Gasteiger partial charge in [-0.2, -0.15) is 0 Å². The first-order chi connectivity index (χ1) is 9.90. The zero-order chi connectivity index (χ0) is 15.6. The van der Waals surface area contributed by atoms with E-state index >= 15 is 0 Å². The smallest absolute Gasteiger partial charge is 0.331 e. The lowest BCUT2D eigenvalue weighted by atomic mass is 10.1. The first-order valence-electron chi connectivity index (χ1n) is 6.34. The lowest BCUT2D eigenvalue weighted by Crippen LogP contribution is -2.36. The van der Waals surface area contributed by atoms with Crippen LogP contribution in [0.2, 0.25) is 0 Å². The average Bonchev–Trinajstić information content (AvgIpc) is 2.71. The van der Waals surface area contributed by atoms with Crippen LogP contribution in [0.25, 0.3) is 0 Å². The second-order valence-corrected chi connectivity index (χ2v) is 6.22. The number of thioether (sulfide) groups is 1. The standard InChI is InChI=1S/C14H14FNO4S/c1-8(17)21-9-6-12(18)16(7-9)13(14(19)20)10-4-2-3-5-11(10)15/h2-5,9,13H,6-7H2,1H3,(H,19,20). The van der Waals surface area contributed by atoms with Crippen LogP contribution in [0.4, 0.5) is 4.39 Å². The van der Waals surface area contributed by atoms with Gasteiger partial charge in [-0.05, 0) is 6.07 Å². The summed E-state index contributed by atoms with van der Waals surface area (Å²) < 4.78 is 13.8. The Morgan fingerprint density at radius 1 is 1.43 bits per heavy atom. The second-order valence-electron chi connectivity index (χ2n) is 4.74. The molecule has 0 radical (unpaired) electrons. The molecule has 5 nitrogen and oxygen atoms in total. The largest absolute Gasteiger partial charge is 0.479 e. The number of benzene rings is 1. The Labute approximate surface area is 125 Å². The molecule has 0 spiro atoms. The number of hydrogen-bond donors (Lipinski definition) is 1. The summed E-state index contributed by atoms with van der Waals surface area (Å²) in [6.07, 6.45) is 0.0858. The maximum absolute atomic E-state index is 13.8. The van der Waals surface area contributed by atoms with Gasteiger partial charge in [-0.15, -0.1) is 0 Å². The van der Waals surface area contributed by atoms with Crippen molar-refractivity contribution in [2.24, 2.45) is 0 Å². The van der Waals surface area contributed by atoms with Crippen LogP contribution in [0.3, 0.4) is 0 Å². The van der Waals surface area contributed by atoms with Gasteiger partial charge in [-0.1, -0.05) is 30.0 Å². The molecule has 1 aromatic carbocycles. The Kier molecular flexibility index (Phi) is 4.62. The van der Waals surface area contributed by atoms with Crippen LogP contribution in [-0.2, 0) is 14.4 Å². The summed E-state index contributed by atoms with van der Waals surface area (Å²) in [7, 11) is 0. The third-order valence-electron chi connectivity index (χ3n) is 3.20. The van der Waals surface area contributed by atoms with Crippen molar-refractivity contribution in [3.63, 3.8) is 0 Å². The SMILES string of the molecule is CC(=O)SC1CC(=O)N(C(C(=O)O)c2ccccc2F)C1. The van der Waals surface area contributed by atoms with Gasteiger partial charge in [0.05, 0.1) is 0 Å². The highest BCUT2D eigenvalue weighted by atomic mass is 32.2. The van der Waals surface area contributed by atoms with Crippen LogP contribution in [0, 0.1) is 5.82 Å². The van der Waals surface area contributed by atoms with E-state index in [-0.39, 0.29) is 34.8 Å². The predicted molar refractivity (Wildman–Crippen MR) is 75.2 cm³/mol. The third-order valence-corrected chi connectivity index (χ3v) is 4.18. The quantitative estimate of drug-likeness (QED) is 0.918. The minimum atomic E-state index is -1.36. The van der Waals surface area contributed by atoms with Crippen LogP contribution in [0.5, 0.6) is 0 Å². The maximum atomic E-state index is 13.8. The van der Waals surface area contributed by atoms with Crippen molar-refractivity contribution in [3.05, 3.63) is 35.6 Å². The zero-order valence-corrected chi connectivity index (χ0v) is 12.1. The van der Waals surface area contributed by atoms with E-state index in [0.717, 1.165) is 22.7 Å². The van der Waals surface area contributed by atoms with Crippen molar-refractivity contribution in [1.82, 2.24) is 4.90 Å². The molecule has 2 unspecified atom stereocenters. The van der Waals surface area contributed by atoms with E-state index in [1.165, 1.54) is 25.1 Å². The minimum absolute atomic E-state index is 0.0492. The van der Waals surface area contributed by atoms with Crippen LogP contribution in [-0.4, -0.2) is 38.8 Å². The summed E-state index contributed by atoms with van der Waals surface area (Å²) in [5, 5.41) is 8.94. The minimum Gasteiger partial charge on any atom is -0.479 e. The van der Waals surface area contributed by atoms with Gasteiger partial charge in [0.15, 0.2) is 11.2 Å². The van der Waals surface area contributed by atoms with E-state index in [2.05, 4.69) is 0 Å². The van der Waals surface area contributed by atoms with Crippen molar-refractivity contribution in [2.75, 3.05) is 6.54 Å². The van der Waals surface area contributed by atoms with Crippen LogP contribution in [0.15, 0.2) is 24.3 Å². The molecule has 21 heavy (non-hydrogen) atoms. The summed E-state index contributed by atoms with van der Waals surface area (Å²) in [5.74, 6) is -2.34. The topological polar surface area (TPSA) is 74.7 Å². The van der Waals surface area contributed by atoms with Gasteiger partial charge in [0.1, 0.15) is 5.82 Å². The summed E-state index contributed by atoms with van der Waals surface area (Å²) in [6.45, 7) is 1.51. The van der Waals surface area contributed by atoms with Crippen molar-refractivity contribution < 1.29 is 23.9 Å². The molecule has 1 heterocycles. The van der Waals surface area contributed by atoms with Gasteiger partial charge in [0.25, 0.3) is 0 Å². The van der Waals surface area contributed by atoms with Crippen molar-refractivity contribution in [2.45, 2.75) is 24.6 Å². The van der Waals surface area contributed by atoms with E-state index in [1.807, 2.05) is 0 Å². The molecule has 2 atom stereocenters. The fourth-order valence-corrected chi connectivity index (χ4v) is 3.32. The Morgan fingerprint density at radius 3 is 2.67 bits per heavy atom. The third kappa shape index (κ3) is 3.41. The normalized spacial score (nSPS) is 19.6. The maximum Gasteiger partial charge on any atom is 0.331 e. The number of halogens is 1. The van der Waals surface area contributed by atoms with E-state index in [0.29, 0.717) is 0 Å². The molecule has 0 aliphatic carbocycles. The second kappa shape index (κ2) is 6.26. The van der Waals surface area contributed by atoms with Gasteiger partial charge in [-0.25, -0.2) is 9.18 Å². The van der Waals surface area contributed by atoms with Crippen LogP contribution >= 0.6 is 11.8 Å². The van der Waals surface area contributed by atoms with Gasteiger partial charge < -0.3 is 10.0 Å². The highest BCUT2D eigenvalue weighted by Crippen LogP contribution is 2.32. The molecule has 1 N–H and O–H groups in total. The lowest BCUT2D eigenvalue weighted by molar-refractivity contribution is -0.148. The molecule has 1 saturated heterocycles. The number of likely N-dealkylation sites (tertiary alicyclic amines) is 1. The van der Waals surface area contributed by atoms with Gasteiger partial charge in [0, 0.05) is 30.7 Å². The highest BCUT2D eigenvalue weighted by molar-refractivity contribution is 8.14. The van der Waals surface area contributed by atoms with Crippen LogP contribution < -0.4 is 0 Å². The molecular weight excluding hydrogens is 297 g/mol. The van der Waals surface area contributed by atoms with E-state index in [9.17, 15) is 23.9 Å². The fourth-order valence-electron chi connectivity index (χ4n) is 2.39. The number of carbonyl (C=O) groups is 3. The van der Waals surface area contributed by atoms with Gasteiger partial charge in [-0.3, -0.25) is 9.59 Å². The van der Waals surface area contributed by atoms with Gasteiger partial charge in [0.2, 0.25) is 5.91 Å². The number of carboxylic acids is 1. The Bertz CT molecular complexity index is 592. The van der Waals surface area contributed by atoms with Crippen molar-refractivity contribution in [3.8, 4) is 0 Å². The Balaban J connectivity index is 2.28. The fraction of sp³-hybridized carbons (Fsp3) is 0.357. The number of carboxylic acid groups (broad SMARTS) is 1. The monoisotopic (exact) mass is 311 g/mol. The van der Waals surface area contributed by atoms with Crippen molar-refractivity contribution in [1.29, 1.82) is 0 Å². The molecular formula is C14H14FNO4S. The number of rotatable bonds is 4. The van der Waals surface area contributed by atoms with Crippen molar-refractivity contribution >= 4 is 28.8 Å². The molecule has 1 aromatic rings. The Morgan fingerprint density at radius 2 is 2.10 bits per heavy atom. The molecule has 2 rings (SSSR count). The lowest BCUT2D eigenvalue weighted by Gasteiger charge is -2.25. The molecule has 0 bridgehead atoms. The number of carbonyl (C=O) groups excluding carboxylic acids is 2. The molecule has 1 aliphatic rings. The molecule has 0 aromatic heterocycles. The average molecular weight is 311 g/mol.